The van der Waals surface area contributed by atoms with Gasteiger partial charge in [0.25, 0.3) is 0 Å². The van der Waals surface area contributed by atoms with Crippen LogP contribution in [-0.2, 0) is 16.4 Å². The third kappa shape index (κ3) is 4.70. The fraction of sp³-hybridized carbons (Fsp3) is 0.294. The molecule has 0 aliphatic rings. The number of aliphatic hydroxyl groups excluding tert-OH is 1. The molecular weight excluding hydrogens is 330 g/mol. The number of benzene rings is 2. The third-order valence-electron chi connectivity index (χ3n) is 3.48. The van der Waals surface area contributed by atoms with Crippen LogP contribution in [0.3, 0.4) is 0 Å². The van der Waals surface area contributed by atoms with Gasteiger partial charge in [-0.1, -0.05) is 30.3 Å². The number of hydrogen-bond acceptors (Lipinski definition) is 5. The van der Waals surface area contributed by atoms with E-state index in [1.54, 1.807) is 0 Å². The molecule has 0 heterocycles. The van der Waals surface area contributed by atoms with Gasteiger partial charge in [0.05, 0.1) is 20.3 Å². The Balaban J connectivity index is 2.06. The lowest BCUT2D eigenvalue weighted by molar-refractivity contribution is 0.179. The Morgan fingerprint density at radius 2 is 1.79 bits per heavy atom. The van der Waals surface area contributed by atoms with Crippen LogP contribution in [0.15, 0.2) is 53.4 Å². The summed E-state index contributed by atoms with van der Waals surface area (Å²) >= 11 is 0. The molecular formula is C17H21NO5S. The second-order valence-corrected chi connectivity index (χ2v) is 6.95. The van der Waals surface area contributed by atoms with E-state index in [0.29, 0.717) is 12.2 Å². The highest BCUT2D eigenvalue weighted by Gasteiger charge is 2.21. The molecule has 1 unspecified atom stereocenters. The molecule has 0 bridgehead atoms. The maximum atomic E-state index is 12.4. The van der Waals surface area contributed by atoms with E-state index in [1.807, 2.05) is 30.3 Å². The summed E-state index contributed by atoms with van der Waals surface area (Å²) in [6.07, 6.45) is -0.463. The Kier molecular flexibility index (Phi) is 6.19. The molecule has 130 valence electrons. The molecule has 24 heavy (non-hydrogen) atoms. The minimum atomic E-state index is -3.81. The lowest BCUT2D eigenvalue weighted by Gasteiger charge is -2.14. The first-order chi connectivity index (χ1) is 11.5. The molecule has 0 saturated heterocycles. The van der Waals surface area contributed by atoms with Crippen molar-refractivity contribution in [2.45, 2.75) is 17.4 Å². The first-order valence-corrected chi connectivity index (χ1v) is 8.88. The quantitative estimate of drug-likeness (QED) is 0.754. The molecule has 0 radical (unpaired) electrons. The van der Waals surface area contributed by atoms with E-state index in [1.165, 1.54) is 32.4 Å². The summed E-state index contributed by atoms with van der Waals surface area (Å²) in [6.45, 7) is -0.0909. The van der Waals surface area contributed by atoms with Gasteiger partial charge in [0.1, 0.15) is 16.4 Å². The summed E-state index contributed by atoms with van der Waals surface area (Å²) in [5, 5.41) is 10.0. The van der Waals surface area contributed by atoms with Crippen molar-refractivity contribution in [2.75, 3.05) is 20.8 Å². The van der Waals surface area contributed by atoms with Crippen LogP contribution in [0.2, 0.25) is 0 Å². The second-order valence-electron chi connectivity index (χ2n) is 5.21. The van der Waals surface area contributed by atoms with Gasteiger partial charge in [0.15, 0.2) is 0 Å². The van der Waals surface area contributed by atoms with Gasteiger partial charge in [0, 0.05) is 12.6 Å². The largest absolute Gasteiger partial charge is 0.497 e. The monoisotopic (exact) mass is 351 g/mol. The van der Waals surface area contributed by atoms with Gasteiger partial charge in [0.2, 0.25) is 10.0 Å². The van der Waals surface area contributed by atoms with E-state index < -0.39 is 16.1 Å². The minimum absolute atomic E-state index is 0.00212. The topological polar surface area (TPSA) is 84.9 Å². The first-order valence-electron chi connectivity index (χ1n) is 7.40. The maximum Gasteiger partial charge on any atom is 0.244 e. The van der Waals surface area contributed by atoms with Crippen LogP contribution >= 0.6 is 0 Å². The number of rotatable bonds is 8. The molecule has 0 saturated carbocycles. The van der Waals surface area contributed by atoms with Crippen molar-refractivity contribution in [2.24, 2.45) is 0 Å². The normalized spacial score (nSPS) is 12.6. The standard InChI is InChI=1S/C17H21NO5S/c1-22-15-8-9-17(16(11-15)23-2)24(20,21)18-12-14(19)10-13-6-4-3-5-7-13/h3-9,11,14,18-19H,10,12H2,1-2H3. The zero-order chi connectivity index (χ0) is 17.6. The Morgan fingerprint density at radius 3 is 2.42 bits per heavy atom. The second kappa shape index (κ2) is 8.14. The van der Waals surface area contributed by atoms with Crippen molar-refractivity contribution in [1.29, 1.82) is 0 Å². The average molecular weight is 351 g/mol. The average Bonchev–Trinajstić information content (AvgIpc) is 2.60. The van der Waals surface area contributed by atoms with Gasteiger partial charge in [-0.3, -0.25) is 0 Å². The fourth-order valence-corrected chi connectivity index (χ4v) is 3.46. The van der Waals surface area contributed by atoms with E-state index in [0.717, 1.165) is 5.56 Å². The fourth-order valence-electron chi connectivity index (χ4n) is 2.24. The highest BCUT2D eigenvalue weighted by atomic mass is 32.2. The van der Waals surface area contributed by atoms with Crippen molar-refractivity contribution in [3.05, 3.63) is 54.1 Å². The summed E-state index contributed by atoms with van der Waals surface area (Å²) in [7, 11) is -0.932. The molecule has 2 rings (SSSR count). The first kappa shape index (κ1) is 18.3. The van der Waals surface area contributed by atoms with Gasteiger partial charge in [-0.2, -0.15) is 0 Å². The van der Waals surface area contributed by atoms with E-state index in [4.69, 9.17) is 9.47 Å². The van der Waals surface area contributed by atoms with Crippen LogP contribution < -0.4 is 14.2 Å². The lowest BCUT2D eigenvalue weighted by atomic mass is 10.1. The SMILES string of the molecule is COc1ccc(S(=O)(=O)NCC(O)Cc2ccccc2)c(OC)c1. The van der Waals surface area contributed by atoms with Crippen molar-refractivity contribution < 1.29 is 23.0 Å². The third-order valence-corrected chi connectivity index (χ3v) is 4.95. The lowest BCUT2D eigenvalue weighted by Crippen LogP contribution is -2.33. The Labute approximate surface area is 142 Å². The summed E-state index contributed by atoms with van der Waals surface area (Å²) in [4.78, 5) is -0.00212. The van der Waals surface area contributed by atoms with Crippen molar-refractivity contribution in [1.82, 2.24) is 4.72 Å². The van der Waals surface area contributed by atoms with E-state index in [9.17, 15) is 13.5 Å². The molecule has 2 aromatic rings. The number of methoxy groups -OCH3 is 2. The molecule has 0 spiro atoms. The van der Waals surface area contributed by atoms with Crippen LogP contribution in [0, 0.1) is 0 Å². The summed E-state index contributed by atoms with van der Waals surface area (Å²) in [5.74, 6) is 0.675. The Morgan fingerprint density at radius 1 is 1.08 bits per heavy atom. The summed E-state index contributed by atoms with van der Waals surface area (Å²) < 4.78 is 37.4. The van der Waals surface area contributed by atoms with Gasteiger partial charge < -0.3 is 14.6 Å². The minimum Gasteiger partial charge on any atom is -0.497 e. The summed E-state index contributed by atoms with van der Waals surface area (Å²) in [6, 6.07) is 13.8. The van der Waals surface area contributed by atoms with E-state index in [-0.39, 0.29) is 17.2 Å². The van der Waals surface area contributed by atoms with Crippen molar-refractivity contribution in [3.63, 3.8) is 0 Å². The Hall–Kier alpha value is -2.09. The number of nitrogens with one attached hydrogen (secondary N) is 1. The number of aliphatic hydroxyl groups is 1. The number of sulfonamides is 1. The van der Waals surface area contributed by atoms with Crippen LogP contribution in [0.25, 0.3) is 0 Å². The molecule has 7 heteroatoms. The van der Waals surface area contributed by atoms with Crippen molar-refractivity contribution in [3.8, 4) is 11.5 Å². The van der Waals surface area contributed by atoms with Gasteiger partial charge in [-0.15, -0.1) is 0 Å². The molecule has 0 aliphatic carbocycles. The molecule has 0 aromatic heterocycles. The number of ether oxygens (including phenoxy) is 2. The highest BCUT2D eigenvalue weighted by Crippen LogP contribution is 2.28. The van der Waals surface area contributed by atoms with Crippen LogP contribution in [-0.4, -0.2) is 40.4 Å². The van der Waals surface area contributed by atoms with Crippen LogP contribution in [0.5, 0.6) is 11.5 Å². The maximum absolute atomic E-state index is 12.4. The van der Waals surface area contributed by atoms with Crippen LogP contribution in [0.4, 0.5) is 0 Å². The predicted octanol–water partition coefficient (Wildman–Crippen LogP) is 1.59. The molecule has 0 amide bonds. The highest BCUT2D eigenvalue weighted by molar-refractivity contribution is 7.89. The van der Waals surface area contributed by atoms with Crippen molar-refractivity contribution >= 4 is 10.0 Å². The molecule has 0 aliphatic heterocycles. The summed E-state index contributed by atoms with van der Waals surface area (Å²) in [5.41, 5.74) is 0.936. The molecule has 2 aromatic carbocycles. The van der Waals surface area contributed by atoms with Gasteiger partial charge in [-0.25, -0.2) is 13.1 Å². The van der Waals surface area contributed by atoms with E-state index in [2.05, 4.69) is 4.72 Å². The molecule has 2 N–H and O–H groups in total. The molecule has 1 atom stereocenters. The molecule has 0 fully saturated rings. The predicted molar refractivity (Wildman–Crippen MR) is 90.9 cm³/mol. The van der Waals surface area contributed by atoms with Crippen LogP contribution in [0.1, 0.15) is 5.56 Å². The zero-order valence-electron chi connectivity index (χ0n) is 13.6. The van der Waals surface area contributed by atoms with Gasteiger partial charge >= 0.3 is 0 Å². The zero-order valence-corrected chi connectivity index (χ0v) is 14.4. The van der Waals surface area contributed by atoms with E-state index >= 15 is 0 Å². The molecule has 6 nitrogen and oxygen atoms in total. The van der Waals surface area contributed by atoms with Gasteiger partial charge in [-0.05, 0) is 24.1 Å². The smallest absolute Gasteiger partial charge is 0.244 e. The number of hydrogen-bond donors (Lipinski definition) is 2. The Bertz CT molecular complexity index is 762.